The number of nitrogens with zero attached hydrogens (tertiary/aromatic N) is 1. The number of ether oxygens (including phenoxy) is 1. The van der Waals surface area contributed by atoms with Crippen LogP contribution in [0, 0.1) is 10.1 Å². The third-order valence-corrected chi connectivity index (χ3v) is 3.58. The smallest absolute Gasteiger partial charge is 0.292 e. The summed E-state index contributed by atoms with van der Waals surface area (Å²) < 4.78 is 5.19. The number of carbonyl (C=O) groups is 1. The first kappa shape index (κ1) is 15.2. The minimum Gasteiger partial charge on any atom is -0.381 e. The number of hydrogen-bond donors (Lipinski definition) is 2. The lowest BCUT2D eigenvalue weighted by Crippen LogP contribution is -2.40. The summed E-state index contributed by atoms with van der Waals surface area (Å²) >= 11 is 0. The molecule has 114 valence electrons. The lowest BCUT2D eigenvalue weighted by atomic mass is 9.89. The van der Waals surface area contributed by atoms with Gasteiger partial charge in [0.2, 0.25) is 0 Å². The maximum atomic E-state index is 11.8. The lowest BCUT2D eigenvalue weighted by Gasteiger charge is -2.35. The van der Waals surface area contributed by atoms with Gasteiger partial charge in [-0.1, -0.05) is 0 Å². The summed E-state index contributed by atoms with van der Waals surface area (Å²) in [5.74, 6) is -0.237. The maximum Gasteiger partial charge on any atom is 0.292 e. The van der Waals surface area contributed by atoms with Crippen molar-refractivity contribution in [3.05, 3.63) is 33.9 Å². The number of methoxy groups -OCH3 is 1. The standard InChI is InChI=1S/C14H19N3O4/c1-3-15-14(18)9-4-5-13(17(19)20)12(6-9)16-10-7-11(8-10)21-2/h4-6,10-11,16H,3,7-8H2,1-2H3,(H,15,18). The first-order chi connectivity index (χ1) is 10.0. The van der Waals surface area contributed by atoms with Crippen molar-refractivity contribution in [2.75, 3.05) is 19.0 Å². The maximum absolute atomic E-state index is 11.8. The fraction of sp³-hybridized carbons (Fsp3) is 0.500. The van der Waals surface area contributed by atoms with Crippen molar-refractivity contribution in [2.24, 2.45) is 0 Å². The van der Waals surface area contributed by atoms with Gasteiger partial charge in [0, 0.05) is 31.3 Å². The highest BCUT2D eigenvalue weighted by atomic mass is 16.6. The second-order valence-corrected chi connectivity index (χ2v) is 5.02. The van der Waals surface area contributed by atoms with Crippen LogP contribution in [-0.2, 0) is 4.74 Å². The Kier molecular flexibility index (Phi) is 4.74. The van der Waals surface area contributed by atoms with Crippen LogP contribution in [0.5, 0.6) is 0 Å². The minimum absolute atomic E-state index is 0.0242. The van der Waals surface area contributed by atoms with E-state index in [1.165, 1.54) is 18.2 Å². The Balaban J connectivity index is 2.17. The van der Waals surface area contributed by atoms with E-state index >= 15 is 0 Å². The van der Waals surface area contributed by atoms with E-state index in [-0.39, 0.29) is 23.7 Å². The number of nitro groups is 1. The van der Waals surface area contributed by atoms with Crippen LogP contribution in [0.2, 0.25) is 0 Å². The number of nitrogens with one attached hydrogen (secondary N) is 2. The van der Waals surface area contributed by atoms with Crippen LogP contribution < -0.4 is 10.6 Å². The summed E-state index contributed by atoms with van der Waals surface area (Å²) in [5, 5.41) is 16.9. The van der Waals surface area contributed by atoms with E-state index in [0.717, 1.165) is 12.8 Å². The summed E-state index contributed by atoms with van der Waals surface area (Å²) in [6.07, 6.45) is 1.81. The monoisotopic (exact) mass is 293 g/mol. The number of amides is 1. The molecule has 1 aliphatic rings. The summed E-state index contributed by atoms with van der Waals surface area (Å²) in [5.41, 5.74) is 0.764. The van der Waals surface area contributed by atoms with E-state index in [9.17, 15) is 14.9 Å². The molecule has 0 spiro atoms. The van der Waals surface area contributed by atoms with Crippen molar-refractivity contribution in [3.8, 4) is 0 Å². The van der Waals surface area contributed by atoms with Crippen LogP contribution in [0.25, 0.3) is 0 Å². The van der Waals surface area contributed by atoms with Gasteiger partial charge in [0.15, 0.2) is 0 Å². The highest BCUT2D eigenvalue weighted by molar-refractivity contribution is 5.95. The number of hydrogen-bond acceptors (Lipinski definition) is 5. The molecule has 7 nitrogen and oxygen atoms in total. The van der Waals surface area contributed by atoms with E-state index in [2.05, 4.69) is 10.6 Å². The van der Waals surface area contributed by atoms with E-state index in [1.54, 1.807) is 7.11 Å². The second-order valence-electron chi connectivity index (χ2n) is 5.02. The van der Waals surface area contributed by atoms with Gasteiger partial charge < -0.3 is 15.4 Å². The summed E-state index contributed by atoms with van der Waals surface area (Å²) in [6.45, 7) is 2.33. The molecule has 0 atom stereocenters. The highest BCUT2D eigenvalue weighted by Crippen LogP contribution is 2.31. The van der Waals surface area contributed by atoms with Crippen molar-refractivity contribution < 1.29 is 14.5 Å². The number of benzene rings is 1. The molecule has 0 saturated heterocycles. The molecule has 0 aliphatic heterocycles. The van der Waals surface area contributed by atoms with Crippen molar-refractivity contribution in [1.82, 2.24) is 5.32 Å². The average molecular weight is 293 g/mol. The number of rotatable bonds is 6. The molecular weight excluding hydrogens is 274 g/mol. The molecule has 0 heterocycles. The molecule has 0 aromatic heterocycles. The van der Waals surface area contributed by atoms with Gasteiger partial charge in [-0.15, -0.1) is 0 Å². The van der Waals surface area contributed by atoms with Gasteiger partial charge in [-0.3, -0.25) is 14.9 Å². The topological polar surface area (TPSA) is 93.5 Å². The van der Waals surface area contributed by atoms with E-state index < -0.39 is 4.92 Å². The Morgan fingerprint density at radius 2 is 2.19 bits per heavy atom. The van der Waals surface area contributed by atoms with Crippen LogP contribution >= 0.6 is 0 Å². The number of carbonyl (C=O) groups excluding carboxylic acids is 1. The van der Waals surface area contributed by atoms with Crippen LogP contribution in [0.3, 0.4) is 0 Å². The van der Waals surface area contributed by atoms with Gasteiger partial charge in [0.25, 0.3) is 11.6 Å². The van der Waals surface area contributed by atoms with Crippen LogP contribution in [0.4, 0.5) is 11.4 Å². The zero-order valence-corrected chi connectivity index (χ0v) is 12.1. The zero-order chi connectivity index (χ0) is 15.4. The van der Waals surface area contributed by atoms with Gasteiger partial charge in [-0.2, -0.15) is 0 Å². The Labute approximate surface area is 122 Å². The number of nitro benzene ring substituents is 1. The molecule has 0 radical (unpaired) electrons. The average Bonchev–Trinajstić information content (AvgIpc) is 2.42. The molecule has 21 heavy (non-hydrogen) atoms. The first-order valence-corrected chi connectivity index (χ1v) is 6.91. The predicted octanol–water partition coefficient (Wildman–Crippen LogP) is 1.93. The lowest BCUT2D eigenvalue weighted by molar-refractivity contribution is -0.384. The summed E-state index contributed by atoms with van der Waals surface area (Å²) in [6, 6.07) is 4.49. The molecule has 0 bridgehead atoms. The normalized spacial score (nSPS) is 20.5. The molecular formula is C14H19N3O4. The summed E-state index contributed by atoms with van der Waals surface area (Å²) in [7, 11) is 1.65. The zero-order valence-electron chi connectivity index (χ0n) is 12.1. The Hall–Kier alpha value is -2.15. The van der Waals surface area contributed by atoms with E-state index in [1.807, 2.05) is 6.92 Å². The predicted molar refractivity (Wildman–Crippen MR) is 78.5 cm³/mol. The van der Waals surface area contributed by atoms with Gasteiger partial charge in [0.05, 0.1) is 11.0 Å². The first-order valence-electron chi connectivity index (χ1n) is 6.91. The van der Waals surface area contributed by atoms with E-state index in [4.69, 9.17) is 4.74 Å². The molecule has 1 saturated carbocycles. The Bertz CT molecular complexity index is 541. The van der Waals surface area contributed by atoms with Gasteiger partial charge in [-0.25, -0.2) is 0 Å². The quantitative estimate of drug-likeness (QED) is 0.617. The molecule has 7 heteroatoms. The van der Waals surface area contributed by atoms with Crippen molar-refractivity contribution in [3.63, 3.8) is 0 Å². The largest absolute Gasteiger partial charge is 0.381 e. The fourth-order valence-corrected chi connectivity index (χ4v) is 2.31. The van der Waals surface area contributed by atoms with Gasteiger partial charge >= 0.3 is 0 Å². The Morgan fingerprint density at radius 3 is 2.76 bits per heavy atom. The minimum atomic E-state index is -0.448. The SMILES string of the molecule is CCNC(=O)c1ccc([N+](=O)[O-])c(NC2CC(OC)C2)c1. The van der Waals surface area contributed by atoms with Crippen molar-refractivity contribution in [2.45, 2.75) is 31.9 Å². The second kappa shape index (κ2) is 6.53. The molecule has 2 N–H and O–H groups in total. The van der Waals surface area contributed by atoms with Crippen molar-refractivity contribution in [1.29, 1.82) is 0 Å². The highest BCUT2D eigenvalue weighted by Gasteiger charge is 2.30. The molecule has 1 aliphatic carbocycles. The van der Waals surface area contributed by atoms with E-state index in [0.29, 0.717) is 17.8 Å². The molecule has 1 fully saturated rings. The summed E-state index contributed by atoms with van der Waals surface area (Å²) in [4.78, 5) is 22.4. The van der Waals surface area contributed by atoms with Crippen molar-refractivity contribution >= 4 is 17.3 Å². The van der Waals surface area contributed by atoms with Gasteiger partial charge in [0.1, 0.15) is 5.69 Å². The van der Waals surface area contributed by atoms with Gasteiger partial charge in [-0.05, 0) is 31.9 Å². The fourth-order valence-electron chi connectivity index (χ4n) is 2.31. The molecule has 1 amide bonds. The molecule has 1 aromatic carbocycles. The third kappa shape index (κ3) is 3.49. The number of anilines is 1. The Morgan fingerprint density at radius 1 is 1.48 bits per heavy atom. The molecule has 2 rings (SSSR count). The molecule has 1 aromatic rings. The van der Waals surface area contributed by atoms with Crippen LogP contribution in [0.15, 0.2) is 18.2 Å². The van der Waals surface area contributed by atoms with Crippen LogP contribution in [0.1, 0.15) is 30.1 Å². The van der Waals surface area contributed by atoms with Crippen LogP contribution in [-0.4, -0.2) is 36.6 Å². The third-order valence-electron chi connectivity index (χ3n) is 3.58. The molecule has 0 unspecified atom stereocenters.